The van der Waals surface area contributed by atoms with E-state index in [-0.39, 0.29) is 18.4 Å². The first-order valence-electron chi connectivity index (χ1n) is 6.73. The minimum atomic E-state index is -0.527. The molecule has 0 bridgehead atoms. The highest BCUT2D eigenvalue weighted by molar-refractivity contribution is 6.31. The molecule has 1 aromatic carbocycles. The first-order chi connectivity index (χ1) is 9.81. The third kappa shape index (κ3) is 5.73. The van der Waals surface area contributed by atoms with Crippen LogP contribution in [0.3, 0.4) is 0 Å². The minimum Gasteiger partial charge on any atom is -0.347 e. The van der Waals surface area contributed by atoms with Crippen LogP contribution in [0, 0.1) is 0 Å². The first kappa shape index (κ1) is 17.5. The van der Waals surface area contributed by atoms with Crippen LogP contribution < -0.4 is 5.32 Å². The molecule has 0 saturated heterocycles. The molecule has 1 atom stereocenters. The van der Waals surface area contributed by atoms with Crippen molar-refractivity contribution in [2.45, 2.75) is 19.5 Å². The van der Waals surface area contributed by atoms with Gasteiger partial charge < -0.3 is 10.2 Å². The Morgan fingerprint density at radius 1 is 1.24 bits per heavy atom. The predicted octanol–water partition coefficient (Wildman–Crippen LogP) is 1.36. The number of carbonyl (C=O) groups excluding carboxylic acids is 2. The smallest absolute Gasteiger partial charge is 0.244 e. The molecule has 0 radical (unpaired) electrons. The van der Waals surface area contributed by atoms with E-state index in [0.29, 0.717) is 11.6 Å². The maximum atomic E-state index is 11.9. The molecule has 21 heavy (non-hydrogen) atoms. The summed E-state index contributed by atoms with van der Waals surface area (Å²) in [6, 6.07) is 7.00. The molecule has 2 amide bonds. The van der Waals surface area contributed by atoms with Crippen LogP contribution in [0.5, 0.6) is 0 Å². The van der Waals surface area contributed by atoms with Gasteiger partial charge in [-0.2, -0.15) is 0 Å². The SMILES string of the molecule is CC(NC(=O)CN(C)Cc1ccccc1Cl)C(=O)N(C)C. The average molecular weight is 312 g/mol. The minimum absolute atomic E-state index is 0.128. The fraction of sp³-hybridized carbons (Fsp3) is 0.467. The summed E-state index contributed by atoms with van der Waals surface area (Å²) in [6.07, 6.45) is 0. The Kier molecular flexibility index (Phi) is 6.65. The van der Waals surface area contributed by atoms with E-state index in [0.717, 1.165) is 5.56 Å². The van der Waals surface area contributed by atoms with Crippen molar-refractivity contribution in [3.05, 3.63) is 34.9 Å². The van der Waals surface area contributed by atoms with Crippen LogP contribution in [-0.2, 0) is 16.1 Å². The summed E-state index contributed by atoms with van der Waals surface area (Å²) >= 11 is 6.09. The fourth-order valence-electron chi connectivity index (χ4n) is 1.95. The fourth-order valence-corrected chi connectivity index (χ4v) is 2.15. The summed E-state index contributed by atoms with van der Waals surface area (Å²) in [4.78, 5) is 26.9. The summed E-state index contributed by atoms with van der Waals surface area (Å²) in [5, 5.41) is 3.37. The second kappa shape index (κ2) is 8.00. The van der Waals surface area contributed by atoms with Gasteiger partial charge in [-0.3, -0.25) is 14.5 Å². The first-order valence-corrected chi connectivity index (χ1v) is 7.11. The number of carbonyl (C=O) groups is 2. The van der Waals surface area contributed by atoms with Gasteiger partial charge in [0.2, 0.25) is 11.8 Å². The molecule has 1 aromatic rings. The van der Waals surface area contributed by atoms with Crippen molar-refractivity contribution in [2.75, 3.05) is 27.7 Å². The Balaban J connectivity index is 2.48. The number of hydrogen-bond acceptors (Lipinski definition) is 3. The van der Waals surface area contributed by atoms with Gasteiger partial charge in [0, 0.05) is 25.7 Å². The molecule has 1 rings (SSSR count). The molecule has 0 aliphatic heterocycles. The van der Waals surface area contributed by atoms with E-state index in [4.69, 9.17) is 11.6 Å². The maximum absolute atomic E-state index is 11.9. The Hall–Kier alpha value is -1.59. The van der Waals surface area contributed by atoms with Crippen molar-refractivity contribution in [3.63, 3.8) is 0 Å². The third-order valence-corrected chi connectivity index (χ3v) is 3.37. The van der Waals surface area contributed by atoms with Crippen molar-refractivity contribution >= 4 is 23.4 Å². The van der Waals surface area contributed by atoms with Crippen LogP contribution >= 0.6 is 11.6 Å². The highest BCUT2D eigenvalue weighted by Gasteiger charge is 2.18. The van der Waals surface area contributed by atoms with Crippen LogP contribution in [0.15, 0.2) is 24.3 Å². The maximum Gasteiger partial charge on any atom is 0.244 e. The second-order valence-electron chi connectivity index (χ2n) is 5.29. The molecule has 0 fully saturated rings. The molecule has 116 valence electrons. The van der Waals surface area contributed by atoms with E-state index in [1.807, 2.05) is 36.2 Å². The number of hydrogen-bond donors (Lipinski definition) is 1. The molecule has 0 aliphatic carbocycles. The van der Waals surface area contributed by atoms with Crippen LogP contribution in [0.1, 0.15) is 12.5 Å². The number of rotatable bonds is 6. The van der Waals surface area contributed by atoms with E-state index < -0.39 is 6.04 Å². The van der Waals surface area contributed by atoms with Crippen LogP contribution in [-0.4, -0.2) is 55.3 Å². The quantitative estimate of drug-likeness (QED) is 0.863. The van der Waals surface area contributed by atoms with Gasteiger partial charge in [-0.25, -0.2) is 0 Å². The zero-order valence-corrected chi connectivity index (χ0v) is 13.6. The summed E-state index contributed by atoms with van der Waals surface area (Å²) in [5.74, 6) is -0.315. The Morgan fingerprint density at radius 3 is 2.43 bits per heavy atom. The van der Waals surface area contributed by atoms with Crippen LogP contribution in [0.4, 0.5) is 0 Å². The van der Waals surface area contributed by atoms with Crippen molar-refractivity contribution in [1.29, 1.82) is 0 Å². The van der Waals surface area contributed by atoms with E-state index in [1.54, 1.807) is 21.0 Å². The molecule has 0 aromatic heterocycles. The van der Waals surface area contributed by atoms with E-state index >= 15 is 0 Å². The van der Waals surface area contributed by atoms with Gasteiger partial charge in [-0.1, -0.05) is 29.8 Å². The number of nitrogens with one attached hydrogen (secondary N) is 1. The van der Waals surface area contributed by atoms with Gasteiger partial charge in [0.05, 0.1) is 6.54 Å². The zero-order valence-electron chi connectivity index (χ0n) is 12.9. The molecule has 0 saturated carbocycles. The average Bonchev–Trinajstić information content (AvgIpc) is 2.39. The Morgan fingerprint density at radius 2 is 1.86 bits per heavy atom. The lowest BCUT2D eigenvalue weighted by molar-refractivity contribution is -0.134. The molecule has 0 heterocycles. The van der Waals surface area contributed by atoms with Gasteiger partial charge in [0.25, 0.3) is 0 Å². The summed E-state index contributed by atoms with van der Waals surface area (Å²) < 4.78 is 0. The highest BCUT2D eigenvalue weighted by Crippen LogP contribution is 2.16. The van der Waals surface area contributed by atoms with Gasteiger partial charge in [0.1, 0.15) is 6.04 Å². The summed E-state index contributed by atoms with van der Waals surface area (Å²) in [7, 11) is 5.16. The zero-order chi connectivity index (χ0) is 16.0. The molecule has 1 unspecified atom stereocenters. The number of benzene rings is 1. The standard InChI is InChI=1S/C15H22ClN3O2/c1-11(15(21)18(2)3)17-14(20)10-19(4)9-12-7-5-6-8-13(12)16/h5-8,11H,9-10H2,1-4H3,(H,17,20). The van der Waals surface area contributed by atoms with Gasteiger partial charge in [0.15, 0.2) is 0 Å². The Labute approximate surface area is 130 Å². The highest BCUT2D eigenvalue weighted by atomic mass is 35.5. The van der Waals surface area contributed by atoms with E-state index in [9.17, 15) is 9.59 Å². The van der Waals surface area contributed by atoms with Crippen molar-refractivity contribution < 1.29 is 9.59 Å². The largest absolute Gasteiger partial charge is 0.347 e. The number of halogens is 1. The molecule has 5 nitrogen and oxygen atoms in total. The van der Waals surface area contributed by atoms with Crippen molar-refractivity contribution in [2.24, 2.45) is 0 Å². The van der Waals surface area contributed by atoms with Gasteiger partial charge >= 0.3 is 0 Å². The van der Waals surface area contributed by atoms with Gasteiger partial charge in [-0.15, -0.1) is 0 Å². The lowest BCUT2D eigenvalue weighted by atomic mass is 10.2. The lowest BCUT2D eigenvalue weighted by Gasteiger charge is -2.21. The lowest BCUT2D eigenvalue weighted by Crippen LogP contribution is -2.47. The molecular formula is C15H22ClN3O2. The van der Waals surface area contributed by atoms with E-state index in [1.165, 1.54) is 4.90 Å². The summed E-state index contributed by atoms with van der Waals surface area (Å²) in [5.41, 5.74) is 0.965. The molecule has 0 aliphatic rings. The van der Waals surface area contributed by atoms with Crippen LogP contribution in [0.2, 0.25) is 5.02 Å². The number of amides is 2. The molecule has 1 N–H and O–H groups in total. The van der Waals surface area contributed by atoms with Crippen LogP contribution in [0.25, 0.3) is 0 Å². The normalized spacial score (nSPS) is 12.1. The Bertz CT molecular complexity index is 505. The van der Waals surface area contributed by atoms with Crippen molar-refractivity contribution in [3.8, 4) is 0 Å². The topological polar surface area (TPSA) is 52.7 Å². The number of nitrogens with zero attached hydrogens (tertiary/aromatic N) is 2. The van der Waals surface area contributed by atoms with Crippen molar-refractivity contribution in [1.82, 2.24) is 15.1 Å². The molecular weight excluding hydrogens is 290 g/mol. The third-order valence-electron chi connectivity index (χ3n) is 3.00. The van der Waals surface area contributed by atoms with E-state index in [2.05, 4.69) is 5.32 Å². The predicted molar refractivity (Wildman–Crippen MR) is 84.1 cm³/mol. The monoisotopic (exact) mass is 311 g/mol. The number of likely N-dealkylation sites (N-methyl/N-ethyl adjacent to an activating group) is 2. The second-order valence-corrected chi connectivity index (χ2v) is 5.69. The molecule has 6 heteroatoms. The van der Waals surface area contributed by atoms with Gasteiger partial charge in [-0.05, 0) is 25.6 Å². The summed E-state index contributed by atoms with van der Waals surface area (Å²) in [6.45, 7) is 2.45. The molecule has 0 spiro atoms.